The summed E-state index contributed by atoms with van der Waals surface area (Å²) >= 11 is 0. The van der Waals surface area contributed by atoms with E-state index in [-0.39, 0.29) is 0 Å². The quantitative estimate of drug-likeness (QED) is 0.675. The second kappa shape index (κ2) is 2.81. The van der Waals surface area contributed by atoms with Crippen LogP contribution in [-0.4, -0.2) is 9.97 Å². The van der Waals surface area contributed by atoms with E-state index < -0.39 is 0 Å². The SMILES string of the molecule is Cc1ccc(-c2[c][nH]cn2)cc1. The summed E-state index contributed by atoms with van der Waals surface area (Å²) in [4.78, 5) is 6.91. The second-order valence-corrected chi connectivity index (χ2v) is 2.74. The first-order valence-electron chi connectivity index (χ1n) is 3.84. The Labute approximate surface area is 71.3 Å². The van der Waals surface area contributed by atoms with Gasteiger partial charge in [0.25, 0.3) is 0 Å². The summed E-state index contributed by atoms with van der Waals surface area (Å²) in [6.45, 7) is 2.07. The molecule has 59 valence electrons. The van der Waals surface area contributed by atoms with Crippen molar-refractivity contribution in [1.82, 2.24) is 9.97 Å². The summed E-state index contributed by atoms with van der Waals surface area (Å²) in [7, 11) is 0. The van der Waals surface area contributed by atoms with Crippen LogP contribution in [0.15, 0.2) is 30.6 Å². The summed E-state index contributed by atoms with van der Waals surface area (Å²) in [5.41, 5.74) is 3.23. The van der Waals surface area contributed by atoms with E-state index in [2.05, 4.69) is 35.2 Å². The van der Waals surface area contributed by atoms with Gasteiger partial charge in [-0.25, -0.2) is 4.98 Å². The summed E-state index contributed by atoms with van der Waals surface area (Å²) in [5, 5.41) is 0. The molecule has 1 radical (unpaired) electrons. The molecule has 2 rings (SSSR count). The lowest BCUT2D eigenvalue weighted by molar-refractivity contribution is 1.31. The van der Waals surface area contributed by atoms with Crippen molar-refractivity contribution in [3.05, 3.63) is 42.4 Å². The first-order chi connectivity index (χ1) is 5.86. The third-order valence-electron chi connectivity index (χ3n) is 1.77. The highest BCUT2D eigenvalue weighted by Crippen LogP contribution is 2.15. The fourth-order valence-electron chi connectivity index (χ4n) is 1.09. The van der Waals surface area contributed by atoms with Gasteiger partial charge in [-0.15, -0.1) is 0 Å². The van der Waals surface area contributed by atoms with Crippen LogP contribution in [-0.2, 0) is 0 Å². The Balaban J connectivity index is 2.43. The lowest BCUT2D eigenvalue weighted by atomic mass is 10.1. The molecule has 0 spiro atoms. The van der Waals surface area contributed by atoms with E-state index in [1.54, 1.807) is 6.33 Å². The number of aromatic nitrogens is 2. The number of rotatable bonds is 1. The molecule has 0 saturated heterocycles. The molecular formula is C10H9N2. The summed E-state index contributed by atoms with van der Waals surface area (Å²) in [5.74, 6) is 0. The molecule has 12 heavy (non-hydrogen) atoms. The number of nitrogens with one attached hydrogen (secondary N) is 1. The number of hydrogen-bond acceptors (Lipinski definition) is 1. The summed E-state index contributed by atoms with van der Waals surface area (Å²) in [6, 6.07) is 8.22. The van der Waals surface area contributed by atoms with Gasteiger partial charge < -0.3 is 4.98 Å². The number of imidazole rings is 1. The predicted octanol–water partition coefficient (Wildman–Crippen LogP) is 2.19. The minimum Gasteiger partial charge on any atom is -0.343 e. The fourth-order valence-corrected chi connectivity index (χ4v) is 1.09. The fraction of sp³-hybridized carbons (Fsp3) is 0.100. The molecule has 1 heterocycles. The number of H-pyrrole nitrogens is 1. The second-order valence-electron chi connectivity index (χ2n) is 2.74. The summed E-state index contributed by atoms with van der Waals surface area (Å²) < 4.78 is 0. The van der Waals surface area contributed by atoms with E-state index in [0.29, 0.717) is 0 Å². The van der Waals surface area contributed by atoms with Gasteiger partial charge in [-0.3, -0.25) is 0 Å². The van der Waals surface area contributed by atoms with E-state index in [1.807, 2.05) is 12.1 Å². The van der Waals surface area contributed by atoms with E-state index >= 15 is 0 Å². The molecule has 0 unspecified atom stereocenters. The molecule has 0 aliphatic carbocycles. The molecule has 1 aromatic carbocycles. The van der Waals surface area contributed by atoms with Gasteiger partial charge >= 0.3 is 0 Å². The van der Waals surface area contributed by atoms with Crippen LogP contribution in [0.1, 0.15) is 5.56 Å². The molecular weight excluding hydrogens is 148 g/mol. The van der Waals surface area contributed by atoms with Crippen molar-refractivity contribution in [2.24, 2.45) is 0 Å². The van der Waals surface area contributed by atoms with Crippen LogP contribution < -0.4 is 0 Å². The first-order valence-corrected chi connectivity index (χ1v) is 3.84. The maximum absolute atomic E-state index is 4.11. The Morgan fingerprint density at radius 1 is 1.25 bits per heavy atom. The number of hydrogen-bond donors (Lipinski definition) is 1. The molecule has 0 amide bonds. The van der Waals surface area contributed by atoms with E-state index in [1.165, 1.54) is 5.56 Å². The van der Waals surface area contributed by atoms with Crippen LogP contribution >= 0.6 is 0 Å². The molecule has 2 nitrogen and oxygen atoms in total. The molecule has 0 atom stereocenters. The minimum absolute atomic E-state index is 0.870. The maximum atomic E-state index is 4.11. The van der Waals surface area contributed by atoms with Gasteiger partial charge in [0.05, 0.1) is 18.2 Å². The molecule has 0 aliphatic rings. The number of nitrogens with zero attached hydrogens (tertiary/aromatic N) is 1. The monoisotopic (exact) mass is 157 g/mol. The number of benzene rings is 1. The van der Waals surface area contributed by atoms with Crippen LogP contribution in [0.25, 0.3) is 11.3 Å². The van der Waals surface area contributed by atoms with Gasteiger partial charge in [0.15, 0.2) is 0 Å². The molecule has 2 aromatic rings. The minimum atomic E-state index is 0.870. The van der Waals surface area contributed by atoms with Crippen molar-refractivity contribution in [3.63, 3.8) is 0 Å². The normalized spacial score (nSPS) is 10.1. The standard InChI is InChI=1S/C10H9N2/c1-8-2-4-9(5-3-8)10-6-11-7-12-10/h2-5,7H,1H3,(H,11,12). The Hall–Kier alpha value is -1.57. The molecule has 0 fully saturated rings. The van der Waals surface area contributed by atoms with Crippen molar-refractivity contribution in [1.29, 1.82) is 0 Å². The van der Waals surface area contributed by atoms with Crippen LogP contribution in [0, 0.1) is 13.1 Å². The Morgan fingerprint density at radius 2 is 2.00 bits per heavy atom. The average Bonchev–Trinajstić information content (AvgIpc) is 2.58. The molecule has 0 bridgehead atoms. The lowest BCUT2D eigenvalue weighted by Crippen LogP contribution is -1.77. The molecule has 0 saturated carbocycles. The highest BCUT2D eigenvalue weighted by molar-refractivity contribution is 5.57. The van der Waals surface area contributed by atoms with Gasteiger partial charge in [0.1, 0.15) is 0 Å². The molecule has 1 aromatic heterocycles. The Morgan fingerprint density at radius 3 is 2.58 bits per heavy atom. The van der Waals surface area contributed by atoms with Gasteiger partial charge in [-0.05, 0) is 6.92 Å². The van der Waals surface area contributed by atoms with Gasteiger partial charge in [0, 0.05) is 5.56 Å². The highest BCUT2D eigenvalue weighted by atomic mass is 14.9. The van der Waals surface area contributed by atoms with Gasteiger partial charge in [-0.2, -0.15) is 0 Å². The van der Waals surface area contributed by atoms with E-state index in [0.717, 1.165) is 11.3 Å². The zero-order valence-corrected chi connectivity index (χ0v) is 6.83. The largest absolute Gasteiger partial charge is 0.343 e. The van der Waals surface area contributed by atoms with Crippen molar-refractivity contribution in [2.75, 3.05) is 0 Å². The van der Waals surface area contributed by atoms with Crippen molar-refractivity contribution in [2.45, 2.75) is 6.92 Å². The molecule has 2 heteroatoms. The predicted molar refractivity (Wildman–Crippen MR) is 47.6 cm³/mol. The molecule has 1 N–H and O–H groups in total. The average molecular weight is 157 g/mol. The molecule has 0 aliphatic heterocycles. The van der Waals surface area contributed by atoms with Crippen molar-refractivity contribution in [3.8, 4) is 11.3 Å². The van der Waals surface area contributed by atoms with E-state index in [9.17, 15) is 0 Å². The van der Waals surface area contributed by atoms with Crippen LogP contribution in [0.2, 0.25) is 0 Å². The third kappa shape index (κ3) is 1.23. The highest BCUT2D eigenvalue weighted by Gasteiger charge is 1.97. The van der Waals surface area contributed by atoms with Crippen LogP contribution in [0.3, 0.4) is 0 Å². The smallest absolute Gasteiger partial charge is 0.0977 e. The number of aryl methyl sites for hydroxylation is 1. The zero-order chi connectivity index (χ0) is 8.39. The van der Waals surface area contributed by atoms with Crippen LogP contribution in [0.5, 0.6) is 0 Å². The van der Waals surface area contributed by atoms with Gasteiger partial charge in [-0.1, -0.05) is 29.8 Å². The van der Waals surface area contributed by atoms with Gasteiger partial charge in [0.2, 0.25) is 0 Å². The Bertz CT molecular complexity index is 346. The van der Waals surface area contributed by atoms with E-state index in [4.69, 9.17) is 0 Å². The van der Waals surface area contributed by atoms with Crippen molar-refractivity contribution >= 4 is 0 Å². The third-order valence-corrected chi connectivity index (χ3v) is 1.77. The summed E-state index contributed by atoms with van der Waals surface area (Å²) in [6.07, 6.45) is 4.57. The lowest BCUT2D eigenvalue weighted by Gasteiger charge is -1.95. The first kappa shape index (κ1) is 7.10. The topological polar surface area (TPSA) is 28.7 Å². The van der Waals surface area contributed by atoms with Crippen molar-refractivity contribution < 1.29 is 0 Å². The zero-order valence-electron chi connectivity index (χ0n) is 6.83. The Kier molecular flexibility index (Phi) is 1.67. The maximum Gasteiger partial charge on any atom is 0.0977 e. The van der Waals surface area contributed by atoms with Crippen LogP contribution in [0.4, 0.5) is 0 Å². The number of aromatic amines is 1.